The Balaban J connectivity index is 2.10. The summed E-state index contributed by atoms with van der Waals surface area (Å²) in [5, 5.41) is 2.71. The summed E-state index contributed by atoms with van der Waals surface area (Å²) >= 11 is 0. The van der Waals surface area contributed by atoms with Crippen LogP contribution in [0, 0.1) is 0 Å². The van der Waals surface area contributed by atoms with Crippen LogP contribution >= 0.6 is 0 Å². The van der Waals surface area contributed by atoms with Crippen LogP contribution in [0.4, 0.5) is 11.4 Å². The number of carbonyl (C=O) groups excluding carboxylic acids is 3. The molecule has 118 valence electrons. The van der Waals surface area contributed by atoms with Gasteiger partial charge in [-0.2, -0.15) is 0 Å². The molecule has 0 aliphatic heterocycles. The van der Waals surface area contributed by atoms with E-state index in [1.807, 2.05) is 6.07 Å². The number of carbonyl (C=O) groups is 3. The van der Waals surface area contributed by atoms with Gasteiger partial charge in [0.1, 0.15) is 6.54 Å². The molecule has 0 fully saturated rings. The molecule has 1 N–H and O–H groups in total. The molecule has 2 aromatic carbocycles. The third-order valence-corrected chi connectivity index (χ3v) is 3.30. The lowest BCUT2D eigenvalue weighted by molar-refractivity contribution is -0.120. The van der Waals surface area contributed by atoms with Crippen molar-refractivity contribution in [1.82, 2.24) is 0 Å². The summed E-state index contributed by atoms with van der Waals surface area (Å²) in [5.74, 6) is -0.621. The average molecular weight is 310 g/mol. The van der Waals surface area contributed by atoms with Crippen molar-refractivity contribution in [3.63, 3.8) is 0 Å². The van der Waals surface area contributed by atoms with E-state index in [1.165, 1.54) is 18.7 Å². The fraction of sp³-hybridized carbons (Fsp3) is 0.167. The minimum Gasteiger partial charge on any atom is -0.325 e. The van der Waals surface area contributed by atoms with Gasteiger partial charge in [0.05, 0.1) is 0 Å². The number of Topliss-reactive ketones (excluding diaryl/α,β-unsaturated/α-hetero) is 1. The van der Waals surface area contributed by atoms with E-state index in [0.717, 1.165) is 0 Å². The monoisotopic (exact) mass is 310 g/mol. The highest BCUT2D eigenvalue weighted by atomic mass is 16.2. The zero-order valence-electron chi connectivity index (χ0n) is 13.1. The van der Waals surface area contributed by atoms with Gasteiger partial charge in [-0.1, -0.05) is 30.3 Å². The van der Waals surface area contributed by atoms with Gasteiger partial charge in [-0.25, -0.2) is 0 Å². The molecule has 0 radical (unpaired) electrons. The van der Waals surface area contributed by atoms with Crippen molar-refractivity contribution in [2.75, 3.05) is 16.8 Å². The largest absolute Gasteiger partial charge is 0.325 e. The highest BCUT2D eigenvalue weighted by Crippen LogP contribution is 2.15. The van der Waals surface area contributed by atoms with E-state index in [-0.39, 0.29) is 24.1 Å². The van der Waals surface area contributed by atoms with E-state index in [0.29, 0.717) is 16.9 Å². The fourth-order valence-corrected chi connectivity index (χ4v) is 2.15. The maximum absolute atomic E-state index is 12.2. The summed E-state index contributed by atoms with van der Waals surface area (Å²) in [6, 6.07) is 15.7. The van der Waals surface area contributed by atoms with Crippen LogP contribution in [0.2, 0.25) is 0 Å². The number of benzene rings is 2. The quantitative estimate of drug-likeness (QED) is 0.864. The molecule has 0 unspecified atom stereocenters. The van der Waals surface area contributed by atoms with Gasteiger partial charge in [0.15, 0.2) is 5.78 Å². The molecule has 0 saturated carbocycles. The van der Waals surface area contributed by atoms with Crippen LogP contribution in [0.25, 0.3) is 0 Å². The van der Waals surface area contributed by atoms with Gasteiger partial charge in [0.25, 0.3) is 0 Å². The van der Waals surface area contributed by atoms with Gasteiger partial charge in [0.2, 0.25) is 11.8 Å². The summed E-state index contributed by atoms with van der Waals surface area (Å²) < 4.78 is 0. The summed E-state index contributed by atoms with van der Waals surface area (Å²) in [7, 11) is 0. The first kappa shape index (κ1) is 16.4. The van der Waals surface area contributed by atoms with Crippen molar-refractivity contribution in [1.29, 1.82) is 0 Å². The number of anilines is 2. The first-order valence-electron chi connectivity index (χ1n) is 7.21. The molecule has 0 saturated heterocycles. The highest BCUT2D eigenvalue weighted by molar-refractivity contribution is 6.02. The molecule has 0 aromatic heterocycles. The molecule has 0 aliphatic rings. The van der Waals surface area contributed by atoms with Gasteiger partial charge in [0, 0.05) is 23.9 Å². The Labute approximate surface area is 134 Å². The predicted molar refractivity (Wildman–Crippen MR) is 89.5 cm³/mol. The fourth-order valence-electron chi connectivity index (χ4n) is 2.15. The molecule has 23 heavy (non-hydrogen) atoms. The maximum atomic E-state index is 12.2. The molecule has 5 nitrogen and oxygen atoms in total. The number of hydrogen-bond acceptors (Lipinski definition) is 3. The summed E-state index contributed by atoms with van der Waals surface area (Å²) in [4.78, 5) is 36.7. The van der Waals surface area contributed by atoms with Crippen LogP contribution < -0.4 is 10.2 Å². The smallest absolute Gasteiger partial charge is 0.244 e. The van der Waals surface area contributed by atoms with Gasteiger partial charge in [-0.15, -0.1) is 0 Å². The minimum absolute atomic E-state index is 0.0734. The molecule has 2 aromatic rings. The lowest BCUT2D eigenvalue weighted by Crippen LogP contribution is -2.36. The molecule has 0 spiro atoms. The molecule has 2 rings (SSSR count). The molecule has 5 heteroatoms. The van der Waals surface area contributed by atoms with Gasteiger partial charge < -0.3 is 10.2 Å². The van der Waals surface area contributed by atoms with Crippen molar-refractivity contribution >= 4 is 29.0 Å². The van der Waals surface area contributed by atoms with E-state index >= 15 is 0 Å². The van der Waals surface area contributed by atoms with Crippen LogP contribution in [0.1, 0.15) is 24.2 Å². The first-order chi connectivity index (χ1) is 11.0. The van der Waals surface area contributed by atoms with Crippen molar-refractivity contribution < 1.29 is 14.4 Å². The Morgan fingerprint density at radius 3 is 2.26 bits per heavy atom. The first-order valence-corrected chi connectivity index (χ1v) is 7.21. The van der Waals surface area contributed by atoms with Crippen LogP contribution in [0.5, 0.6) is 0 Å². The van der Waals surface area contributed by atoms with Crippen molar-refractivity contribution in [2.45, 2.75) is 13.8 Å². The van der Waals surface area contributed by atoms with Crippen LogP contribution in [0.15, 0.2) is 54.6 Å². The second-order valence-corrected chi connectivity index (χ2v) is 5.13. The Morgan fingerprint density at radius 1 is 0.957 bits per heavy atom. The van der Waals surface area contributed by atoms with Crippen molar-refractivity contribution in [3.8, 4) is 0 Å². The van der Waals surface area contributed by atoms with Crippen LogP contribution in [-0.4, -0.2) is 24.1 Å². The van der Waals surface area contributed by atoms with E-state index in [2.05, 4.69) is 5.32 Å². The second-order valence-electron chi connectivity index (χ2n) is 5.13. The van der Waals surface area contributed by atoms with E-state index < -0.39 is 0 Å². The van der Waals surface area contributed by atoms with E-state index in [9.17, 15) is 14.4 Å². The minimum atomic E-state index is -0.329. The SMILES string of the molecule is CC(=O)c1cccc(NC(=O)CN(C(C)=O)c2ccccc2)c1. The topological polar surface area (TPSA) is 66.5 Å². The van der Waals surface area contributed by atoms with E-state index in [4.69, 9.17) is 0 Å². The van der Waals surface area contributed by atoms with Gasteiger partial charge in [-0.05, 0) is 31.2 Å². The number of nitrogens with one attached hydrogen (secondary N) is 1. The van der Waals surface area contributed by atoms with E-state index in [1.54, 1.807) is 48.5 Å². The van der Waals surface area contributed by atoms with Crippen LogP contribution in [-0.2, 0) is 9.59 Å². The molecule has 0 heterocycles. The summed E-state index contributed by atoms with van der Waals surface area (Å²) in [6.45, 7) is 2.79. The van der Waals surface area contributed by atoms with Crippen LogP contribution in [0.3, 0.4) is 0 Å². The number of ketones is 1. The number of hydrogen-bond donors (Lipinski definition) is 1. The Kier molecular flexibility index (Phi) is 5.25. The average Bonchev–Trinajstić information content (AvgIpc) is 2.53. The third-order valence-electron chi connectivity index (χ3n) is 3.30. The Morgan fingerprint density at radius 2 is 1.65 bits per heavy atom. The number of amides is 2. The van der Waals surface area contributed by atoms with Crippen molar-refractivity contribution in [3.05, 3.63) is 60.2 Å². The number of para-hydroxylation sites is 1. The lowest BCUT2D eigenvalue weighted by Gasteiger charge is -2.20. The second kappa shape index (κ2) is 7.35. The zero-order chi connectivity index (χ0) is 16.8. The molecule has 0 bridgehead atoms. The zero-order valence-corrected chi connectivity index (χ0v) is 13.1. The summed E-state index contributed by atoms with van der Waals surface area (Å²) in [6.07, 6.45) is 0. The molecule has 2 amide bonds. The number of rotatable bonds is 5. The highest BCUT2D eigenvalue weighted by Gasteiger charge is 2.15. The molecular formula is C18H18N2O3. The predicted octanol–water partition coefficient (Wildman–Crippen LogP) is 2.88. The number of nitrogens with zero attached hydrogens (tertiary/aromatic N) is 1. The third kappa shape index (κ3) is 4.51. The Hall–Kier alpha value is -2.95. The standard InChI is InChI=1S/C18H18N2O3/c1-13(21)15-7-6-8-16(11-15)19-18(23)12-20(14(2)22)17-9-4-3-5-10-17/h3-11H,12H2,1-2H3,(H,19,23). The lowest BCUT2D eigenvalue weighted by atomic mass is 10.1. The molecular weight excluding hydrogens is 292 g/mol. The Bertz CT molecular complexity index is 726. The van der Waals surface area contributed by atoms with Gasteiger partial charge >= 0.3 is 0 Å². The van der Waals surface area contributed by atoms with Crippen molar-refractivity contribution in [2.24, 2.45) is 0 Å². The normalized spacial score (nSPS) is 10.0. The molecule has 0 atom stereocenters. The van der Waals surface area contributed by atoms with Gasteiger partial charge in [-0.3, -0.25) is 14.4 Å². The molecule has 0 aliphatic carbocycles. The summed E-state index contributed by atoms with van der Waals surface area (Å²) in [5.41, 5.74) is 1.71. The maximum Gasteiger partial charge on any atom is 0.244 e.